The van der Waals surface area contributed by atoms with Gasteiger partial charge in [-0.25, -0.2) is 18.1 Å². The Morgan fingerprint density at radius 2 is 2.43 bits per heavy atom. The van der Waals surface area contributed by atoms with E-state index in [0.717, 1.165) is 11.3 Å². The number of aromatic nitrogens is 1. The summed E-state index contributed by atoms with van der Waals surface area (Å²) < 4.78 is 25.3. The van der Waals surface area contributed by atoms with Gasteiger partial charge < -0.3 is 10.8 Å². The smallest absolute Gasteiger partial charge is 0.252 e. The monoisotopic (exact) mass is 237 g/mol. The number of rotatable bonds is 4. The van der Waals surface area contributed by atoms with Crippen molar-refractivity contribution in [1.29, 1.82) is 0 Å². The van der Waals surface area contributed by atoms with Crippen molar-refractivity contribution >= 4 is 26.5 Å². The average molecular weight is 237 g/mol. The number of hydrogen-bond acceptors (Lipinski definition) is 6. The van der Waals surface area contributed by atoms with Gasteiger partial charge in [-0.2, -0.15) is 0 Å². The molecule has 0 saturated heterocycles. The molecule has 6 nitrogen and oxygen atoms in total. The van der Waals surface area contributed by atoms with Gasteiger partial charge in [0.15, 0.2) is 9.34 Å². The minimum Gasteiger partial charge on any atom is -0.395 e. The number of nitrogens with two attached hydrogens (primary N) is 1. The molecule has 0 aliphatic carbocycles. The first-order valence-corrected chi connectivity index (χ1v) is 6.10. The number of nitrogens with one attached hydrogen (secondary N) is 1. The first-order valence-electron chi connectivity index (χ1n) is 3.80. The van der Waals surface area contributed by atoms with Crippen LogP contribution in [0.25, 0.3) is 0 Å². The maximum absolute atomic E-state index is 11.5. The number of sulfonamides is 1. The van der Waals surface area contributed by atoms with Crippen LogP contribution in [0.4, 0.5) is 5.13 Å². The Hall–Kier alpha value is -0.700. The molecule has 14 heavy (non-hydrogen) atoms. The molecule has 1 aromatic rings. The Kier molecular flexibility index (Phi) is 3.43. The van der Waals surface area contributed by atoms with E-state index in [4.69, 9.17) is 10.8 Å². The fourth-order valence-corrected chi connectivity index (χ4v) is 2.92. The zero-order chi connectivity index (χ0) is 10.8. The third kappa shape index (κ3) is 2.64. The third-order valence-electron chi connectivity index (χ3n) is 1.40. The number of thiazole rings is 1. The number of hydrogen-bond donors (Lipinski definition) is 3. The van der Waals surface area contributed by atoms with E-state index in [1.165, 1.54) is 6.20 Å². The maximum atomic E-state index is 11.5. The minimum atomic E-state index is -3.58. The predicted octanol–water partition coefficient (Wildman–Crippen LogP) is -0.616. The second-order valence-corrected chi connectivity index (χ2v) is 5.73. The summed E-state index contributed by atoms with van der Waals surface area (Å²) in [4.78, 5) is 3.63. The van der Waals surface area contributed by atoms with E-state index in [1.54, 1.807) is 6.92 Å². The summed E-state index contributed by atoms with van der Waals surface area (Å²) >= 11 is 0.882. The van der Waals surface area contributed by atoms with Crippen LogP contribution in [0.15, 0.2) is 10.4 Å². The summed E-state index contributed by atoms with van der Waals surface area (Å²) in [6, 6.07) is -0.525. The number of nitrogens with zero attached hydrogens (tertiary/aromatic N) is 1. The van der Waals surface area contributed by atoms with Gasteiger partial charge in [-0.1, -0.05) is 11.3 Å². The van der Waals surface area contributed by atoms with Gasteiger partial charge in [-0.3, -0.25) is 0 Å². The molecule has 1 atom stereocenters. The second-order valence-electron chi connectivity index (χ2n) is 2.72. The molecule has 0 saturated carbocycles. The molecule has 0 aliphatic rings. The lowest BCUT2D eigenvalue weighted by Gasteiger charge is -2.08. The van der Waals surface area contributed by atoms with E-state index in [0.29, 0.717) is 0 Å². The molecule has 1 rings (SSSR count). The molecular weight excluding hydrogens is 226 g/mol. The first-order chi connectivity index (χ1) is 6.45. The molecule has 1 aromatic heterocycles. The van der Waals surface area contributed by atoms with Gasteiger partial charge in [-0.05, 0) is 6.92 Å². The molecule has 1 heterocycles. The van der Waals surface area contributed by atoms with E-state index in [2.05, 4.69) is 9.71 Å². The molecular formula is C6H11N3O3S2. The number of aliphatic hydroxyl groups is 1. The van der Waals surface area contributed by atoms with Crippen molar-refractivity contribution in [2.24, 2.45) is 0 Å². The molecule has 0 aliphatic heterocycles. The van der Waals surface area contributed by atoms with Crippen LogP contribution in [-0.4, -0.2) is 31.2 Å². The van der Waals surface area contributed by atoms with Gasteiger partial charge >= 0.3 is 0 Å². The van der Waals surface area contributed by atoms with Gasteiger partial charge in [0.1, 0.15) is 0 Å². The Morgan fingerprint density at radius 3 is 2.86 bits per heavy atom. The van der Waals surface area contributed by atoms with Crippen molar-refractivity contribution < 1.29 is 13.5 Å². The average Bonchev–Trinajstić information content (AvgIpc) is 2.51. The lowest BCUT2D eigenvalue weighted by molar-refractivity contribution is 0.265. The van der Waals surface area contributed by atoms with Crippen LogP contribution in [0.5, 0.6) is 0 Å². The van der Waals surface area contributed by atoms with Crippen molar-refractivity contribution in [3.63, 3.8) is 0 Å². The van der Waals surface area contributed by atoms with Crippen molar-refractivity contribution in [2.75, 3.05) is 12.3 Å². The molecule has 0 unspecified atom stereocenters. The van der Waals surface area contributed by atoms with Crippen molar-refractivity contribution in [1.82, 2.24) is 9.71 Å². The highest BCUT2D eigenvalue weighted by Gasteiger charge is 2.19. The SMILES string of the molecule is C[C@H](CO)NS(=O)(=O)c1cnc(N)s1. The van der Waals surface area contributed by atoms with Crippen LogP contribution < -0.4 is 10.5 Å². The Labute approximate surface area is 85.8 Å². The highest BCUT2D eigenvalue weighted by atomic mass is 32.2. The highest BCUT2D eigenvalue weighted by molar-refractivity contribution is 7.91. The van der Waals surface area contributed by atoms with E-state index < -0.39 is 16.1 Å². The summed E-state index contributed by atoms with van der Waals surface area (Å²) in [5.74, 6) is 0. The molecule has 0 radical (unpaired) electrons. The van der Waals surface area contributed by atoms with Crippen LogP contribution in [-0.2, 0) is 10.0 Å². The first kappa shape index (κ1) is 11.4. The summed E-state index contributed by atoms with van der Waals surface area (Å²) in [6.45, 7) is 1.30. The summed E-state index contributed by atoms with van der Waals surface area (Å²) in [6.07, 6.45) is 1.19. The Balaban J connectivity index is 2.86. The molecule has 0 aromatic carbocycles. The molecule has 0 spiro atoms. The van der Waals surface area contributed by atoms with Gasteiger partial charge in [0.2, 0.25) is 0 Å². The van der Waals surface area contributed by atoms with E-state index in [-0.39, 0.29) is 15.9 Å². The zero-order valence-corrected chi connectivity index (χ0v) is 9.10. The fourth-order valence-electron chi connectivity index (χ4n) is 0.757. The summed E-state index contributed by atoms with van der Waals surface area (Å²) in [5.41, 5.74) is 5.30. The van der Waals surface area contributed by atoms with E-state index in [1.807, 2.05) is 0 Å². The topological polar surface area (TPSA) is 105 Å². The Morgan fingerprint density at radius 1 is 1.79 bits per heavy atom. The number of aliphatic hydroxyl groups excluding tert-OH is 1. The van der Waals surface area contributed by atoms with Gasteiger partial charge in [0, 0.05) is 6.04 Å². The van der Waals surface area contributed by atoms with Crippen molar-refractivity contribution in [3.05, 3.63) is 6.20 Å². The van der Waals surface area contributed by atoms with Crippen LogP contribution in [0.3, 0.4) is 0 Å². The standard InChI is InChI=1S/C6H11N3O3S2/c1-4(3-10)9-14(11,12)5-2-8-6(7)13-5/h2,4,9-10H,3H2,1H3,(H2,7,8)/t4-/m1/s1. The normalized spacial score (nSPS) is 14.1. The third-order valence-corrected chi connectivity index (χ3v) is 4.27. The lowest BCUT2D eigenvalue weighted by Crippen LogP contribution is -2.34. The van der Waals surface area contributed by atoms with E-state index in [9.17, 15) is 8.42 Å². The lowest BCUT2D eigenvalue weighted by atomic mass is 10.4. The highest BCUT2D eigenvalue weighted by Crippen LogP contribution is 2.19. The fraction of sp³-hybridized carbons (Fsp3) is 0.500. The summed E-state index contributed by atoms with van der Waals surface area (Å²) in [7, 11) is -3.58. The Bertz CT molecular complexity index is 400. The second kappa shape index (κ2) is 4.22. The van der Waals surface area contributed by atoms with E-state index >= 15 is 0 Å². The molecule has 8 heteroatoms. The van der Waals surface area contributed by atoms with Gasteiger partial charge in [0.25, 0.3) is 10.0 Å². The molecule has 0 amide bonds. The van der Waals surface area contributed by atoms with Crippen LogP contribution >= 0.6 is 11.3 Å². The minimum absolute atomic E-state index is 0.0512. The maximum Gasteiger partial charge on any atom is 0.252 e. The van der Waals surface area contributed by atoms with Crippen molar-refractivity contribution in [2.45, 2.75) is 17.2 Å². The predicted molar refractivity (Wildman–Crippen MR) is 53.4 cm³/mol. The zero-order valence-electron chi connectivity index (χ0n) is 7.47. The number of nitrogen functional groups attached to an aromatic ring is 1. The number of anilines is 1. The summed E-state index contributed by atoms with van der Waals surface area (Å²) in [5, 5.41) is 8.88. The van der Waals surface area contributed by atoms with Gasteiger partial charge in [0.05, 0.1) is 12.8 Å². The molecule has 4 N–H and O–H groups in total. The molecule has 80 valence electrons. The molecule has 0 fully saturated rings. The largest absolute Gasteiger partial charge is 0.395 e. The van der Waals surface area contributed by atoms with Crippen LogP contribution in [0.1, 0.15) is 6.92 Å². The quantitative estimate of drug-likeness (QED) is 0.647. The molecule has 0 bridgehead atoms. The van der Waals surface area contributed by atoms with Crippen LogP contribution in [0.2, 0.25) is 0 Å². The van der Waals surface area contributed by atoms with Gasteiger partial charge in [-0.15, -0.1) is 0 Å². The van der Waals surface area contributed by atoms with Crippen LogP contribution in [0, 0.1) is 0 Å². The van der Waals surface area contributed by atoms with Crippen molar-refractivity contribution in [3.8, 4) is 0 Å².